The molecule has 0 aliphatic carbocycles. The molecule has 0 saturated carbocycles. The predicted molar refractivity (Wildman–Crippen MR) is 64.4 cm³/mol. The van der Waals surface area contributed by atoms with E-state index in [-0.39, 0.29) is 6.04 Å². The molecule has 2 N–H and O–H groups in total. The van der Waals surface area contributed by atoms with Crippen LogP contribution in [0.2, 0.25) is 8.67 Å². The second-order valence-corrected chi connectivity index (χ2v) is 5.51. The van der Waals surface area contributed by atoms with Gasteiger partial charge in [0.05, 0.1) is 8.67 Å². The third-order valence-electron chi connectivity index (χ3n) is 2.28. The highest BCUT2D eigenvalue weighted by Crippen LogP contribution is 2.36. The van der Waals surface area contributed by atoms with E-state index in [1.807, 2.05) is 13.1 Å². The van der Waals surface area contributed by atoms with E-state index in [1.54, 1.807) is 0 Å². The maximum Gasteiger partial charge on any atom is 0.0991 e. The SMILES string of the molecule is CC(c1cc(Cl)sc1Cl)N(C)CCN. The molecule has 2 nitrogen and oxygen atoms in total. The van der Waals surface area contributed by atoms with Gasteiger partial charge < -0.3 is 5.73 Å². The Bertz CT molecular complexity index is 301. The van der Waals surface area contributed by atoms with Crippen molar-refractivity contribution in [2.75, 3.05) is 20.1 Å². The van der Waals surface area contributed by atoms with Crippen molar-refractivity contribution in [2.45, 2.75) is 13.0 Å². The number of thiophene rings is 1. The van der Waals surface area contributed by atoms with Crippen molar-refractivity contribution in [1.82, 2.24) is 4.90 Å². The van der Waals surface area contributed by atoms with Crippen molar-refractivity contribution in [3.8, 4) is 0 Å². The zero-order valence-corrected chi connectivity index (χ0v) is 10.6. The monoisotopic (exact) mass is 252 g/mol. The normalized spacial score (nSPS) is 13.6. The highest BCUT2D eigenvalue weighted by atomic mass is 35.5. The van der Waals surface area contributed by atoms with Gasteiger partial charge in [0, 0.05) is 24.7 Å². The van der Waals surface area contributed by atoms with Crippen LogP contribution in [-0.4, -0.2) is 25.0 Å². The lowest BCUT2D eigenvalue weighted by Gasteiger charge is -2.23. The quantitative estimate of drug-likeness (QED) is 0.893. The van der Waals surface area contributed by atoms with E-state index in [4.69, 9.17) is 28.9 Å². The van der Waals surface area contributed by atoms with Gasteiger partial charge in [0.1, 0.15) is 0 Å². The van der Waals surface area contributed by atoms with Gasteiger partial charge in [-0.15, -0.1) is 11.3 Å². The third kappa shape index (κ3) is 2.84. The maximum atomic E-state index is 6.06. The summed E-state index contributed by atoms with van der Waals surface area (Å²) in [6.07, 6.45) is 0. The molecule has 80 valence electrons. The van der Waals surface area contributed by atoms with Crippen molar-refractivity contribution >= 4 is 34.5 Å². The molecule has 1 aromatic rings. The molecule has 1 aromatic heterocycles. The predicted octanol–water partition coefficient (Wildman–Crippen LogP) is 3.01. The Balaban J connectivity index is 2.77. The van der Waals surface area contributed by atoms with Crippen molar-refractivity contribution in [1.29, 1.82) is 0 Å². The lowest BCUT2D eigenvalue weighted by Crippen LogP contribution is -2.28. The first-order valence-corrected chi connectivity index (χ1v) is 5.98. The molecule has 0 fully saturated rings. The van der Waals surface area contributed by atoms with Gasteiger partial charge in [0.15, 0.2) is 0 Å². The number of hydrogen-bond acceptors (Lipinski definition) is 3. The van der Waals surface area contributed by atoms with E-state index in [2.05, 4.69) is 11.8 Å². The average molecular weight is 253 g/mol. The fourth-order valence-corrected chi connectivity index (χ4v) is 2.91. The summed E-state index contributed by atoms with van der Waals surface area (Å²) in [5.41, 5.74) is 6.57. The minimum absolute atomic E-state index is 0.259. The molecule has 0 aromatic carbocycles. The summed E-state index contributed by atoms with van der Waals surface area (Å²) in [7, 11) is 2.03. The average Bonchev–Trinajstić information content (AvgIpc) is 2.44. The first-order valence-electron chi connectivity index (χ1n) is 4.41. The van der Waals surface area contributed by atoms with Gasteiger partial charge in [-0.3, -0.25) is 4.90 Å². The molecule has 0 aliphatic heterocycles. The van der Waals surface area contributed by atoms with Gasteiger partial charge >= 0.3 is 0 Å². The highest BCUT2D eigenvalue weighted by molar-refractivity contribution is 7.20. The number of nitrogens with zero attached hydrogens (tertiary/aromatic N) is 1. The van der Waals surface area contributed by atoms with E-state index in [1.165, 1.54) is 11.3 Å². The molecule has 1 unspecified atom stereocenters. The van der Waals surface area contributed by atoms with Crippen LogP contribution >= 0.6 is 34.5 Å². The van der Waals surface area contributed by atoms with Gasteiger partial charge in [0.2, 0.25) is 0 Å². The Hall–Kier alpha value is 0.200. The number of likely N-dealkylation sites (N-methyl/N-ethyl adjacent to an activating group) is 1. The Morgan fingerprint density at radius 1 is 1.57 bits per heavy atom. The van der Waals surface area contributed by atoms with Crippen molar-refractivity contribution in [2.24, 2.45) is 5.73 Å². The minimum atomic E-state index is 0.259. The molecular weight excluding hydrogens is 239 g/mol. The highest BCUT2D eigenvalue weighted by Gasteiger charge is 2.16. The molecule has 1 rings (SSSR count). The smallest absolute Gasteiger partial charge is 0.0991 e. The number of halogens is 2. The van der Waals surface area contributed by atoms with E-state index < -0.39 is 0 Å². The largest absolute Gasteiger partial charge is 0.329 e. The lowest BCUT2D eigenvalue weighted by atomic mass is 10.1. The summed E-state index contributed by atoms with van der Waals surface area (Å²) in [6.45, 7) is 3.60. The fraction of sp³-hybridized carbons (Fsp3) is 0.556. The van der Waals surface area contributed by atoms with Crippen LogP contribution < -0.4 is 5.73 Å². The van der Waals surface area contributed by atoms with E-state index in [0.717, 1.165) is 20.8 Å². The van der Waals surface area contributed by atoms with Gasteiger partial charge in [0.25, 0.3) is 0 Å². The molecule has 0 aliphatic rings. The van der Waals surface area contributed by atoms with Crippen LogP contribution in [0.3, 0.4) is 0 Å². The van der Waals surface area contributed by atoms with E-state index in [0.29, 0.717) is 6.54 Å². The van der Waals surface area contributed by atoms with Gasteiger partial charge in [-0.25, -0.2) is 0 Å². The maximum absolute atomic E-state index is 6.06. The Morgan fingerprint density at radius 2 is 2.21 bits per heavy atom. The van der Waals surface area contributed by atoms with Crippen molar-refractivity contribution < 1.29 is 0 Å². The number of nitrogens with two attached hydrogens (primary N) is 1. The van der Waals surface area contributed by atoms with Crippen LogP contribution in [0.5, 0.6) is 0 Å². The van der Waals surface area contributed by atoms with Crippen LogP contribution in [0.1, 0.15) is 18.5 Å². The van der Waals surface area contributed by atoms with Gasteiger partial charge in [-0.1, -0.05) is 23.2 Å². The standard InChI is InChI=1S/C9H14Cl2N2S/c1-6(13(2)4-3-12)7-5-8(10)14-9(7)11/h5-6H,3-4,12H2,1-2H3. The van der Waals surface area contributed by atoms with Crippen molar-refractivity contribution in [3.05, 3.63) is 20.3 Å². The first kappa shape index (κ1) is 12.3. The molecule has 14 heavy (non-hydrogen) atoms. The Morgan fingerprint density at radius 3 is 2.64 bits per heavy atom. The van der Waals surface area contributed by atoms with Crippen LogP contribution in [0.25, 0.3) is 0 Å². The summed E-state index contributed by atoms with van der Waals surface area (Å²) in [4.78, 5) is 2.16. The molecule has 0 bridgehead atoms. The molecular formula is C9H14Cl2N2S. The molecule has 0 amide bonds. The summed E-state index contributed by atoms with van der Waals surface area (Å²) in [6, 6.07) is 2.18. The molecule has 1 heterocycles. The number of hydrogen-bond donors (Lipinski definition) is 1. The Labute approximate surface area is 98.6 Å². The van der Waals surface area contributed by atoms with Crippen LogP contribution in [-0.2, 0) is 0 Å². The lowest BCUT2D eigenvalue weighted by molar-refractivity contribution is 0.269. The number of rotatable bonds is 4. The van der Waals surface area contributed by atoms with E-state index >= 15 is 0 Å². The van der Waals surface area contributed by atoms with Gasteiger partial charge in [-0.2, -0.15) is 0 Å². The summed E-state index contributed by atoms with van der Waals surface area (Å²) in [5, 5.41) is 0. The summed E-state index contributed by atoms with van der Waals surface area (Å²) in [5.74, 6) is 0. The summed E-state index contributed by atoms with van der Waals surface area (Å²) < 4.78 is 1.50. The molecule has 0 spiro atoms. The first-order chi connectivity index (χ1) is 6.56. The van der Waals surface area contributed by atoms with Crippen LogP contribution in [0, 0.1) is 0 Å². The molecule has 0 radical (unpaired) electrons. The molecule has 0 saturated heterocycles. The minimum Gasteiger partial charge on any atom is -0.329 e. The van der Waals surface area contributed by atoms with Crippen LogP contribution in [0.4, 0.5) is 0 Å². The van der Waals surface area contributed by atoms with Gasteiger partial charge in [-0.05, 0) is 20.0 Å². The Kier molecular flexibility index (Phi) is 4.67. The fourth-order valence-electron chi connectivity index (χ4n) is 1.27. The molecule has 1 atom stereocenters. The second-order valence-electron chi connectivity index (χ2n) is 3.22. The summed E-state index contributed by atoms with van der Waals surface area (Å²) >= 11 is 13.3. The van der Waals surface area contributed by atoms with E-state index in [9.17, 15) is 0 Å². The van der Waals surface area contributed by atoms with Crippen molar-refractivity contribution in [3.63, 3.8) is 0 Å². The molecule has 5 heteroatoms. The zero-order chi connectivity index (χ0) is 10.7. The van der Waals surface area contributed by atoms with Crippen LogP contribution in [0.15, 0.2) is 6.07 Å². The zero-order valence-electron chi connectivity index (χ0n) is 8.26. The topological polar surface area (TPSA) is 29.3 Å². The second kappa shape index (κ2) is 5.33. The third-order valence-corrected chi connectivity index (χ3v) is 3.79.